The molecule has 0 saturated carbocycles. The summed E-state index contributed by atoms with van der Waals surface area (Å²) in [7, 11) is 0. The van der Waals surface area contributed by atoms with Crippen LogP contribution < -0.4 is 5.32 Å². The molecule has 0 fully saturated rings. The van der Waals surface area contributed by atoms with Crippen LogP contribution in [0.15, 0.2) is 18.5 Å². The molecule has 114 valence electrons. The highest BCUT2D eigenvalue weighted by Crippen LogP contribution is 2.15. The number of hydrogen-bond donors (Lipinski definition) is 2. The molecule has 0 saturated heterocycles. The molecule has 0 bridgehead atoms. The lowest BCUT2D eigenvalue weighted by Crippen LogP contribution is -2.26. The van der Waals surface area contributed by atoms with E-state index in [0.29, 0.717) is 12.1 Å². The maximum Gasteiger partial charge on any atom is 0.252 e. The molecule has 0 aromatic carbocycles. The zero-order valence-electron chi connectivity index (χ0n) is 13.4. The fourth-order valence-corrected chi connectivity index (χ4v) is 2.29. The first kappa shape index (κ1) is 15.4. The van der Waals surface area contributed by atoms with E-state index in [1.54, 1.807) is 0 Å². The lowest BCUT2D eigenvalue weighted by molar-refractivity contribution is 0.0954. The van der Waals surface area contributed by atoms with E-state index >= 15 is 0 Å². The molecule has 2 aromatic heterocycles. The van der Waals surface area contributed by atoms with Crippen molar-refractivity contribution in [2.75, 3.05) is 6.54 Å². The fraction of sp³-hybridized carbons (Fsp3) is 0.500. The summed E-state index contributed by atoms with van der Waals surface area (Å²) in [6.45, 7) is 10.9. The summed E-state index contributed by atoms with van der Waals surface area (Å²) in [6, 6.07) is 1.86. The van der Waals surface area contributed by atoms with Crippen LogP contribution >= 0.6 is 0 Å². The highest BCUT2D eigenvalue weighted by Gasteiger charge is 2.15. The van der Waals surface area contributed by atoms with E-state index < -0.39 is 0 Å². The molecule has 0 aliphatic carbocycles. The van der Waals surface area contributed by atoms with Crippen LogP contribution in [0.5, 0.6) is 0 Å². The molecular weight excluding hydrogens is 264 g/mol. The summed E-state index contributed by atoms with van der Waals surface area (Å²) in [5, 5.41) is 10.1. The molecular formula is C16H24N4O. The van der Waals surface area contributed by atoms with Crippen LogP contribution in [-0.4, -0.2) is 27.2 Å². The van der Waals surface area contributed by atoms with Gasteiger partial charge in [0.25, 0.3) is 5.91 Å². The number of amides is 1. The molecule has 1 amide bonds. The third-order valence-electron chi connectivity index (χ3n) is 3.67. The van der Waals surface area contributed by atoms with Gasteiger partial charge >= 0.3 is 0 Å². The Morgan fingerprint density at radius 2 is 2.10 bits per heavy atom. The van der Waals surface area contributed by atoms with Crippen LogP contribution in [0.25, 0.3) is 0 Å². The maximum atomic E-state index is 12.1. The van der Waals surface area contributed by atoms with Gasteiger partial charge in [0.2, 0.25) is 0 Å². The molecule has 0 spiro atoms. The summed E-state index contributed by atoms with van der Waals surface area (Å²) < 4.78 is 2.05. The minimum absolute atomic E-state index is 0.0104. The van der Waals surface area contributed by atoms with E-state index in [1.165, 1.54) is 5.56 Å². The van der Waals surface area contributed by atoms with Gasteiger partial charge < -0.3 is 9.88 Å². The van der Waals surface area contributed by atoms with Crippen LogP contribution in [-0.2, 0) is 12.0 Å². The second-order valence-corrected chi connectivity index (χ2v) is 6.40. The Balaban J connectivity index is 1.92. The number of carbonyl (C=O) groups excluding carboxylic acids is 1. The van der Waals surface area contributed by atoms with Gasteiger partial charge in [0.05, 0.1) is 11.3 Å². The van der Waals surface area contributed by atoms with Crippen molar-refractivity contribution in [2.24, 2.45) is 0 Å². The smallest absolute Gasteiger partial charge is 0.252 e. The van der Waals surface area contributed by atoms with Crippen molar-refractivity contribution in [1.29, 1.82) is 0 Å². The summed E-state index contributed by atoms with van der Waals surface area (Å²) in [4.78, 5) is 12.1. The van der Waals surface area contributed by atoms with E-state index in [4.69, 9.17) is 0 Å². The number of H-pyrrole nitrogens is 1. The Bertz CT molecular complexity index is 611. The zero-order valence-corrected chi connectivity index (χ0v) is 13.4. The summed E-state index contributed by atoms with van der Waals surface area (Å²) in [5.41, 5.74) is 3.94. The van der Waals surface area contributed by atoms with Gasteiger partial charge in [0, 0.05) is 30.2 Å². The van der Waals surface area contributed by atoms with Crippen molar-refractivity contribution in [3.63, 3.8) is 0 Å². The first-order valence-electron chi connectivity index (χ1n) is 7.26. The zero-order chi connectivity index (χ0) is 15.6. The molecule has 0 unspecified atom stereocenters. The van der Waals surface area contributed by atoms with Gasteiger partial charge in [-0.05, 0) is 52.7 Å². The Morgan fingerprint density at radius 3 is 2.62 bits per heavy atom. The number of nitrogens with zero attached hydrogens (tertiary/aromatic N) is 2. The van der Waals surface area contributed by atoms with Gasteiger partial charge in [0.1, 0.15) is 0 Å². The first-order chi connectivity index (χ1) is 9.79. The Hall–Kier alpha value is -2.04. The van der Waals surface area contributed by atoms with Gasteiger partial charge in [-0.15, -0.1) is 0 Å². The van der Waals surface area contributed by atoms with E-state index in [-0.39, 0.29) is 11.4 Å². The Morgan fingerprint density at radius 1 is 1.38 bits per heavy atom. The Labute approximate surface area is 125 Å². The number of nitrogens with one attached hydrogen (secondary N) is 2. The highest BCUT2D eigenvalue weighted by molar-refractivity contribution is 5.94. The van der Waals surface area contributed by atoms with Crippen molar-refractivity contribution in [3.05, 3.63) is 41.0 Å². The molecule has 21 heavy (non-hydrogen) atoms. The van der Waals surface area contributed by atoms with Crippen LogP contribution in [0.2, 0.25) is 0 Å². The molecule has 5 nitrogen and oxygen atoms in total. The lowest BCUT2D eigenvalue weighted by atomic mass is 10.1. The first-order valence-corrected chi connectivity index (χ1v) is 7.26. The van der Waals surface area contributed by atoms with E-state index in [2.05, 4.69) is 36.3 Å². The van der Waals surface area contributed by atoms with E-state index in [9.17, 15) is 4.79 Å². The van der Waals surface area contributed by atoms with Crippen molar-refractivity contribution in [2.45, 2.75) is 46.6 Å². The third-order valence-corrected chi connectivity index (χ3v) is 3.67. The largest absolute Gasteiger partial charge is 0.352 e. The molecule has 5 heteroatoms. The molecule has 0 atom stereocenters. The summed E-state index contributed by atoms with van der Waals surface area (Å²) in [6.07, 6.45) is 4.63. The number of aromatic nitrogens is 3. The molecule has 2 aromatic rings. The average molecular weight is 288 g/mol. The van der Waals surface area contributed by atoms with Gasteiger partial charge in [-0.3, -0.25) is 9.89 Å². The molecule has 2 N–H and O–H groups in total. The quantitative estimate of drug-likeness (QED) is 0.908. The highest BCUT2D eigenvalue weighted by atomic mass is 16.1. The topological polar surface area (TPSA) is 62.7 Å². The maximum absolute atomic E-state index is 12.1. The minimum atomic E-state index is -0.0307. The van der Waals surface area contributed by atoms with Crippen LogP contribution in [0, 0.1) is 13.8 Å². The second-order valence-electron chi connectivity index (χ2n) is 6.40. The second kappa shape index (κ2) is 5.76. The van der Waals surface area contributed by atoms with Gasteiger partial charge in [0.15, 0.2) is 0 Å². The number of aromatic amines is 1. The standard InChI is InChI=1S/C16H24N4O/c1-11-14(12(2)19-18-11)6-8-17-15(21)13-7-9-20(10-13)16(3,4)5/h7,9-10H,6,8H2,1-5H3,(H,17,21)(H,18,19). The molecule has 2 heterocycles. The minimum Gasteiger partial charge on any atom is -0.352 e. The predicted molar refractivity (Wildman–Crippen MR) is 83.5 cm³/mol. The van der Waals surface area contributed by atoms with Crippen molar-refractivity contribution in [1.82, 2.24) is 20.1 Å². The average Bonchev–Trinajstić information content (AvgIpc) is 2.99. The number of carbonyl (C=O) groups is 1. The normalized spacial score (nSPS) is 11.7. The Kier molecular flexibility index (Phi) is 4.21. The van der Waals surface area contributed by atoms with Gasteiger partial charge in [-0.2, -0.15) is 5.10 Å². The third kappa shape index (κ3) is 3.54. The van der Waals surface area contributed by atoms with E-state index in [1.807, 2.05) is 36.9 Å². The number of hydrogen-bond acceptors (Lipinski definition) is 2. The van der Waals surface area contributed by atoms with Crippen molar-refractivity contribution >= 4 is 5.91 Å². The summed E-state index contributed by atoms with van der Waals surface area (Å²) >= 11 is 0. The summed E-state index contributed by atoms with van der Waals surface area (Å²) in [5.74, 6) is -0.0307. The van der Waals surface area contributed by atoms with Crippen molar-refractivity contribution in [3.8, 4) is 0 Å². The SMILES string of the molecule is Cc1n[nH]c(C)c1CCNC(=O)c1ccn(C(C)(C)C)c1. The molecule has 0 aliphatic heterocycles. The molecule has 0 aliphatic rings. The van der Waals surface area contributed by atoms with Crippen molar-refractivity contribution < 1.29 is 4.79 Å². The van der Waals surface area contributed by atoms with Gasteiger partial charge in [-0.1, -0.05) is 0 Å². The molecule has 0 radical (unpaired) electrons. The number of aryl methyl sites for hydroxylation is 2. The predicted octanol–water partition coefficient (Wildman–Crippen LogP) is 2.56. The monoisotopic (exact) mass is 288 g/mol. The van der Waals surface area contributed by atoms with E-state index in [0.717, 1.165) is 17.8 Å². The van der Waals surface area contributed by atoms with Crippen LogP contribution in [0.4, 0.5) is 0 Å². The lowest BCUT2D eigenvalue weighted by Gasteiger charge is -2.20. The number of rotatable bonds is 4. The van der Waals surface area contributed by atoms with Gasteiger partial charge in [-0.25, -0.2) is 0 Å². The van der Waals surface area contributed by atoms with Crippen LogP contribution in [0.1, 0.15) is 48.1 Å². The fourth-order valence-electron chi connectivity index (χ4n) is 2.29. The molecule has 2 rings (SSSR count). The van der Waals surface area contributed by atoms with Crippen LogP contribution in [0.3, 0.4) is 0 Å².